The first kappa shape index (κ1) is 17.7. The number of ether oxygens (including phenoxy) is 1. The fourth-order valence-electron chi connectivity index (χ4n) is 3.26. The Bertz CT molecular complexity index is 861. The van der Waals surface area contributed by atoms with Crippen LogP contribution < -0.4 is 20.3 Å². The predicted molar refractivity (Wildman–Crippen MR) is 105 cm³/mol. The van der Waals surface area contributed by atoms with Gasteiger partial charge in [-0.1, -0.05) is 0 Å². The summed E-state index contributed by atoms with van der Waals surface area (Å²) in [5, 5.41) is 6.06. The Morgan fingerprint density at radius 1 is 1.19 bits per heavy atom. The van der Waals surface area contributed by atoms with E-state index in [1.807, 2.05) is 24.5 Å². The van der Waals surface area contributed by atoms with Gasteiger partial charge in [-0.05, 0) is 49.1 Å². The lowest BCUT2D eigenvalue weighted by Crippen LogP contribution is -2.31. The van der Waals surface area contributed by atoms with Gasteiger partial charge in [0.2, 0.25) is 0 Å². The molecule has 1 aromatic carbocycles. The van der Waals surface area contributed by atoms with Gasteiger partial charge in [0.05, 0.1) is 11.4 Å². The molecule has 0 unspecified atom stereocenters. The number of thioether (sulfide) groups is 1. The fraction of sp³-hybridized carbons (Fsp3) is 0.316. The van der Waals surface area contributed by atoms with Crippen molar-refractivity contribution in [3.05, 3.63) is 48.3 Å². The minimum Gasteiger partial charge on any atom is -0.464 e. The zero-order chi connectivity index (χ0) is 18.8. The number of nitrogens with zero attached hydrogens (tertiary/aromatic N) is 2. The first-order valence-electron chi connectivity index (χ1n) is 8.78. The molecule has 3 amide bonds. The second-order valence-corrected chi connectivity index (χ2v) is 7.40. The summed E-state index contributed by atoms with van der Waals surface area (Å²) in [5.41, 5.74) is 2.29. The Labute approximate surface area is 161 Å². The van der Waals surface area contributed by atoms with Crippen molar-refractivity contribution in [1.29, 1.82) is 0 Å². The smallest absolute Gasteiger partial charge is 0.329 e. The highest BCUT2D eigenvalue weighted by Gasteiger charge is 2.39. The lowest BCUT2D eigenvalue weighted by atomic mass is 10.1. The van der Waals surface area contributed by atoms with Crippen LogP contribution in [0.2, 0.25) is 0 Å². The highest BCUT2D eigenvalue weighted by molar-refractivity contribution is 7.98. The Balaban J connectivity index is 1.50. The number of nitrogens with one attached hydrogen (secondary N) is 2. The number of fused-ring (bicyclic) bond motifs is 1. The summed E-state index contributed by atoms with van der Waals surface area (Å²) in [6, 6.07) is 8.22. The Kier molecular flexibility index (Phi) is 4.89. The third kappa shape index (κ3) is 3.44. The SMILES string of the molecule is CSCCC[C@H]1NC(=O)N(c2ccc3c(c2)O[C@@H](c2ccncc2)N3)C1=O. The van der Waals surface area contributed by atoms with Crippen molar-refractivity contribution in [3.8, 4) is 5.75 Å². The van der Waals surface area contributed by atoms with Gasteiger partial charge >= 0.3 is 6.03 Å². The summed E-state index contributed by atoms with van der Waals surface area (Å²) in [4.78, 5) is 30.2. The molecule has 0 aliphatic carbocycles. The van der Waals surface area contributed by atoms with E-state index in [-0.39, 0.29) is 18.2 Å². The van der Waals surface area contributed by atoms with E-state index in [9.17, 15) is 9.59 Å². The summed E-state index contributed by atoms with van der Waals surface area (Å²) in [5.74, 6) is 1.37. The van der Waals surface area contributed by atoms with E-state index < -0.39 is 6.04 Å². The Hall–Kier alpha value is -2.74. The zero-order valence-electron chi connectivity index (χ0n) is 14.8. The molecule has 2 aliphatic heterocycles. The van der Waals surface area contributed by atoms with Gasteiger partial charge in [-0.25, -0.2) is 9.69 Å². The number of hydrogen-bond donors (Lipinski definition) is 2. The van der Waals surface area contributed by atoms with Crippen molar-refractivity contribution in [1.82, 2.24) is 10.3 Å². The van der Waals surface area contributed by atoms with Crippen LogP contribution in [0.15, 0.2) is 42.7 Å². The molecule has 27 heavy (non-hydrogen) atoms. The van der Waals surface area contributed by atoms with E-state index in [1.54, 1.807) is 36.3 Å². The van der Waals surface area contributed by atoms with Crippen molar-refractivity contribution < 1.29 is 14.3 Å². The monoisotopic (exact) mass is 384 g/mol. The number of aromatic nitrogens is 1. The summed E-state index contributed by atoms with van der Waals surface area (Å²) >= 11 is 1.73. The van der Waals surface area contributed by atoms with Crippen LogP contribution in [0.1, 0.15) is 24.6 Å². The molecule has 2 atom stereocenters. The maximum atomic E-state index is 12.7. The van der Waals surface area contributed by atoms with E-state index in [4.69, 9.17) is 4.74 Å². The Morgan fingerprint density at radius 2 is 2.00 bits per heavy atom. The van der Waals surface area contributed by atoms with Crippen LogP contribution in [0, 0.1) is 0 Å². The minimum absolute atomic E-state index is 0.210. The molecular weight excluding hydrogens is 364 g/mol. The molecule has 4 rings (SSSR count). The van der Waals surface area contributed by atoms with Crippen molar-refractivity contribution in [2.75, 3.05) is 22.2 Å². The van der Waals surface area contributed by atoms with Crippen LogP contribution in [0.3, 0.4) is 0 Å². The molecule has 2 aromatic rings. The van der Waals surface area contributed by atoms with Gasteiger partial charge in [-0.15, -0.1) is 0 Å². The molecule has 0 radical (unpaired) electrons. The molecule has 1 fully saturated rings. The standard InChI is InChI=1S/C19H20N4O3S/c1-27-10-2-3-15-18(24)23(19(25)22-15)13-4-5-14-16(11-13)26-17(21-14)12-6-8-20-9-7-12/h4-9,11,15,17,21H,2-3,10H2,1H3,(H,22,25)/t15-,17+/m1/s1. The first-order chi connectivity index (χ1) is 13.2. The number of hydrogen-bond acceptors (Lipinski definition) is 6. The molecule has 2 aliphatic rings. The third-order valence-electron chi connectivity index (χ3n) is 4.62. The molecular formula is C19H20N4O3S. The van der Waals surface area contributed by atoms with E-state index in [1.165, 1.54) is 4.90 Å². The molecule has 140 valence electrons. The number of pyridine rings is 1. The van der Waals surface area contributed by atoms with Gasteiger partial charge in [0, 0.05) is 24.0 Å². The summed E-state index contributed by atoms with van der Waals surface area (Å²) in [6.07, 6.45) is 6.66. The van der Waals surface area contributed by atoms with Gasteiger partial charge in [-0.2, -0.15) is 11.8 Å². The van der Waals surface area contributed by atoms with Gasteiger partial charge in [0.15, 0.2) is 6.23 Å². The number of benzene rings is 1. The van der Waals surface area contributed by atoms with Crippen molar-refractivity contribution >= 4 is 35.1 Å². The quantitative estimate of drug-likeness (QED) is 0.588. The average Bonchev–Trinajstić information content (AvgIpc) is 3.23. The van der Waals surface area contributed by atoms with E-state index in [0.29, 0.717) is 17.9 Å². The first-order valence-corrected chi connectivity index (χ1v) is 10.2. The Morgan fingerprint density at radius 3 is 2.78 bits per heavy atom. The number of amides is 3. The molecule has 7 nitrogen and oxygen atoms in total. The van der Waals surface area contributed by atoms with Crippen LogP contribution in [-0.4, -0.2) is 35.0 Å². The summed E-state index contributed by atoms with van der Waals surface area (Å²) in [6.45, 7) is 0. The van der Waals surface area contributed by atoms with Gasteiger partial charge in [0.25, 0.3) is 5.91 Å². The number of carbonyl (C=O) groups is 2. The number of anilines is 2. The van der Waals surface area contributed by atoms with Crippen molar-refractivity contribution in [3.63, 3.8) is 0 Å². The molecule has 8 heteroatoms. The van der Waals surface area contributed by atoms with Gasteiger partial charge < -0.3 is 15.4 Å². The second-order valence-electron chi connectivity index (χ2n) is 6.41. The lowest BCUT2D eigenvalue weighted by Gasteiger charge is -2.14. The molecule has 0 saturated carbocycles. The average molecular weight is 384 g/mol. The fourth-order valence-corrected chi connectivity index (χ4v) is 3.71. The number of carbonyl (C=O) groups excluding carboxylic acids is 2. The largest absolute Gasteiger partial charge is 0.464 e. The van der Waals surface area contributed by atoms with Crippen LogP contribution in [0.25, 0.3) is 0 Å². The van der Waals surface area contributed by atoms with E-state index in [0.717, 1.165) is 23.4 Å². The number of urea groups is 1. The summed E-state index contributed by atoms with van der Waals surface area (Å²) < 4.78 is 5.96. The maximum Gasteiger partial charge on any atom is 0.329 e. The van der Waals surface area contributed by atoms with Crippen LogP contribution in [0.4, 0.5) is 16.2 Å². The topological polar surface area (TPSA) is 83.6 Å². The zero-order valence-corrected chi connectivity index (χ0v) is 15.7. The predicted octanol–water partition coefficient (Wildman–Crippen LogP) is 3.15. The van der Waals surface area contributed by atoms with E-state index in [2.05, 4.69) is 15.6 Å². The number of imide groups is 1. The molecule has 0 bridgehead atoms. The normalized spacial score (nSPS) is 20.9. The molecule has 1 aromatic heterocycles. The third-order valence-corrected chi connectivity index (χ3v) is 5.32. The van der Waals surface area contributed by atoms with Crippen LogP contribution >= 0.6 is 11.8 Å². The van der Waals surface area contributed by atoms with Crippen LogP contribution in [-0.2, 0) is 4.79 Å². The van der Waals surface area contributed by atoms with Gasteiger partial charge in [-0.3, -0.25) is 9.78 Å². The molecule has 0 spiro atoms. The van der Waals surface area contributed by atoms with Crippen molar-refractivity contribution in [2.24, 2.45) is 0 Å². The molecule has 3 heterocycles. The summed E-state index contributed by atoms with van der Waals surface area (Å²) in [7, 11) is 0. The van der Waals surface area contributed by atoms with Crippen molar-refractivity contribution in [2.45, 2.75) is 25.1 Å². The number of rotatable bonds is 6. The highest BCUT2D eigenvalue weighted by atomic mass is 32.2. The molecule has 1 saturated heterocycles. The maximum absolute atomic E-state index is 12.7. The van der Waals surface area contributed by atoms with Crippen LogP contribution in [0.5, 0.6) is 5.75 Å². The molecule has 2 N–H and O–H groups in total. The minimum atomic E-state index is -0.457. The highest BCUT2D eigenvalue weighted by Crippen LogP contribution is 2.40. The lowest BCUT2D eigenvalue weighted by molar-refractivity contribution is -0.118. The van der Waals surface area contributed by atoms with E-state index >= 15 is 0 Å². The van der Waals surface area contributed by atoms with Gasteiger partial charge in [0.1, 0.15) is 11.8 Å². The second kappa shape index (κ2) is 7.48.